The average molecular weight is 239 g/mol. The highest BCUT2D eigenvalue weighted by molar-refractivity contribution is 5.78. The number of carbonyl (C=O) groups excluding carboxylic acids is 1. The summed E-state index contributed by atoms with van der Waals surface area (Å²) in [5.41, 5.74) is 0.664. The molecule has 1 atom stereocenters. The summed E-state index contributed by atoms with van der Waals surface area (Å²) < 4.78 is 12.9. The molecular weight excluding hydrogens is 221 g/mol. The highest BCUT2D eigenvalue weighted by Crippen LogP contribution is 2.04. The highest BCUT2D eigenvalue weighted by Gasteiger charge is 2.06. The van der Waals surface area contributed by atoms with Crippen molar-refractivity contribution in [3.05, 3.63) is 35.6 Å². The Morgan fingerprint density at radius 3 is 2.94 bits per heavy atom. The quantitative estimate of drug-likeness (QED) is 0.790. The summed E-state index contributed by atoms with van der Waals surface area (Å²) in [6.07, 6.45) is 0.851. The maximum absolute atomic E-state index is 12.9. The molecule has 1 aromatic carbocycles. The maximum atomic E-state index is 12.9. The maximum Gasteiger partial charge on any atom is 0.224 e. The number of halogens is 1. The van der Waals surface area contributed by atoms with Gasteiger partial charge in [0.1, 0.15) is 5.82 Å². The van der Waals surface area contributed by atoms with Crippen LogP contribution in [-0.4, -0.2) is 24.2 Å². The number of amides is 1. The molecule has 17 heavy (non-hydrogen) atoms. The Bertz CT molecular complexity index is 368. The first-order valence-electron chi connectivity index (χ1n) is 5.74. The van der Waals surface area contributed by atoms with Crippen LogP contribution in [0.1, 0.15) is 18.9 Å². The van der Waals surface area contributed by atoms with Gasteiger partial charge in [0.2, 0.25) is 5.91 Å². The summed E-state index contributed by atoms with van der Waals surface area (Å²) in [6, 6.07) is 6.02. The van der Waals surface area contributed by atoms with Crippen LogP contribution in [0, 0.1) is 11.7 Å². The van der Waals surface area contributed by atoms with Crippen LogP contribution in [0.3, 0.4) is 0 Å². The Labute approximate surface area is 101 Å². The van der Waals surface area contributed by atoms with Gasteiger partial charge in [-0.1, -0.05) is 19.1 Å². The van der Waals surface area contributed by atoms with Crippen LogP contribution in [-0.2, 0) is 11.2 Å². The van der Waals surface area contributed by atoms with E-state index in [4.69, 9.17) is 5.11 Å². The number of hydrogen-bond donors (Lipinski definition) is 2. The predicted molar refractivity (Wildman–Crippen MR) is 64.0 cm³/mol. The van der Waals surface area contributed by atoms with Crippen LogP contribution in [0.25, 0.3) is 0 Å². The van der Waals surface area contributed by atoms with Crippen molar-refractivity contribution >= 4 is 5.91 Å². The Kier molecular flexibility index (Phi) is 5.63. The summed E-state index contributed by atoms with van der Waals surface area (Å²) in [7, 11) is 0. The first-order chi connectivity index (χ1) is 8.11. The van der Waals surface area contributed by atoms with Crippen LogP contribution in [0.2, 0.25) is 0 Å². The number of hydrogen-bond acceptors (Lipinski definition) is 2. The van der Waals surface area contributed by atoms with Crippen molar-refractivity contribution in [2.75, 3.05) is 13.2 Å². The van der Waals surface area contributed by atoms with Gasteiger partial charge in [0.25, 0.3) is 0 Å². The van der Waals surface area contributed by atoms with Crippen molar-refractivity contribution in [1.82, 2.24) is 5.32 Å². The number of rotatable bonds is 6. The van der Waals surface area contributed by atoms with E-state index in [1.807, 2.05) is 6.92 Å². The highest BCUT2D eigenvalue weighted by atomic mass is 19.1. The third-order valence-electron chi connectivity index (χ3n) is 2.52. The van der Waals surface area contributed by atoms with Crippen molar-refractivity contribution < 1.29 is 14.3 Å². The molecule has 0 radical (unpaired) electrons. The Morgan fingerprint density at radius 1 is 1.53 bits per heavy atom. The molecule has 4 heteroatoms. The minimum absolute atomic E-state index is 0.125. The SMILES string of the molecule is CC(CCO)CNC(=O)Cc1cccc(F)c1. The molecule has 0 aliphatic rings. The largest absolute Gasteiger partial charge is 0.396 e. The Morgan fingerprint density at radius 2 is 2.29 bits per heavy atom. The van der Waals surface area contributed by atoms with Gasteiger partial charge in [0, 0.05) is 13.2 Å². The van der Waals surface area contributed by atoms with E-state index >= 15 is 0 Å². The summed E-state index contributed by atoms with van der Waals surface area (Å²) >= 11 is 0. The molecule has 0 aliphatic carbocycles. The van der Waals surface area contributed by atoms with Gasteiger partial charge in [-0.15, -0.1) is 0 Å². The van der Waals surface area contributed by atoms with Gasteiger partial charge in [-0.2, -0.15) is 0 Å². The fourth-order valence-electron chi connectivity index (χ4n) is 1.51. The zero-order valence-corrected chi connectivity index (χ0v) is 9.95. The van der Waals surface area contributed by atoms with E-state index in [0.29, 0.717) is 18.5 Å². The minimum atomic E-state index is -0.330. The van der Waals surface area contributed by atoms with Crippen LogP contribution < -0.4 is 5.32 Å². The second-order valence-corrected chi connectivity index (χ2v) is 4.23. The number of aliphatic hydroxyl groups excluding tert-OH is 1. The number of nitrogens with one attached hydrogen (secondary N) is 1. The van der Waals surface area contributed by atoms with Crippen molar-refractivity contribution in [3.8, 4) is 0 Å². The molecule has 0 saturated carbocycles. The predicted octanol–water partition coefficient (Wildman–Crippen LogP) is 1.50. The van der Waals surface area contributed by atoms with E-state index in [2.05, 4.69) is 5.32 Å². The van der Waals surface area contributed by atoms with Crippen LogP contribution in [0.15, 0.2) is 24.3 Å². The molecule has 1 unspecified atom stereocenters. The molecule has 2 N–H and O–H groups in total. The normalized spacial score (nSPS) is 12.2. The van der Waals surface area contributed by atoms with Gasteiger partial charge in [-0.05, 0) is 30.0 Å². The first kappa shape index (κ1) is 13.6. The van der Waals surface area contributed by atoms with E-state index in [0.717, 1.165) is 0 Å². The van der Waals surface area contributed by atoms with Gasteiger partial charge in [-0.3, -0.25) is 4.79 Å². The van der Waals surface area contributed by atoms with E-state index in [1.165, 1.54) is 12.1 Å². The molecule has 0 spiro atoms. The number of aliphatic hydroxyl groups is 1. The zero-order chi connectivity index (χ0) is 12.7. The average Bonchev–Trinajstić information content (AvgIpc) is 2.27. The molecule has 0 aliphatic heterocycles. The monoisotopic (exact) mass is 239 g/mol. The van der Waals surface area contributed by atoms with Gasteiger partial charge in [0.15, 0.2) is 0 Å². The fourth-order valence-corrected chi connectivity index (χ4v) is 1.51. The molecule has 1 amide bonds. The molecule has 0 heterocycles. The zero-order valence-electron chi connectivity index (χ0n) is 9.95. The molecule has 0 fully saturated rings. The third kappa shape index (κ3) is 5.45. The van der Waals surface area contributed by atoms with Gasteiger partial charge in [-0.25, -0.2) is 4.39 Å². The lowest BCUT2D eigenvalue weighted by molar-refractivity contribution is -0.120. The van der Waals surface area contributed by atoms with Crippen molar-refractivity contribution in [1.29, 1.82) is 0 Å². The second kappa shape index (κ2) is 7.01. The van der Waals surface area contributed by atoms with Crippen LogP contribution >= 0.6 is 0 Å². The molecule has 94 valence electrons. The van der Waals surface area contributed by atoms with Crippen LogP contribution in [0.4, 0.5) is 4.39 Å². The molecule has 0 bridgehead atoms. The number of carbonyl (C=O) groups is 1. The summed E-state index contributed by atoms with van der Waals surface area (Å²) in [5.74, 6) is -0.208. The van der Waals surface area contributed by atoms with E-state index in [1.54, 1.807) is 12.1 Å². The third-order valence-corrected chi connectivity index (χ3v) is 2.52. The molecule has 0 saturated heterocycles. The van der Waals surface area contributed by atoms with Crippen molar-refractivity contribution in [2.24, 2.45) is 5.92 Å². The summed E-state index contributed by atoms with van der Waals surface area (Å²) in [4.78, 5) is 11.5. The topological polar surface area (TPSA) is 49.3 Å². The smallest absolute Gasteiger partial charge is 0.224 e. The van der Waals surface area contributed by atoms with Gasteiger partial charge >= 0.3 is 0 Å². The molecular formula is C13H18FNO2. The molecule has 3 nitrogen and oxygen atoms in total. The van der Waals surface area contributed by atoms with Crippen LogP contribution in [0.5, 0.6) is 0 Å². The second-order valence-electron chi connectivity index (χ2n) is 4.23. The Hall–Kier alpha value is -1.42. The fraction of sp³-hybridized carbons (Fsp3) is 0.462. The van der Waals surface area contributed by atoms with E-state index < -0.39 is 0 Å². The summed E-state index contributed by atoms with van der Waals surface area (Å²) in [6.45, 7) is 2.62. The molecule has 1 rings (SSSR count). The summed E-state index contributed by atoms with van der Waals surface area (Å²) in [5, 5.41) is 11.5. The van der Waals surface area contributed by atoms with E-state index in [9.17, 15) is 9.18 Å². The van der Waals surface area contributed by atoms with Gasteiger partial charge in [0.05, 0.1) is 6.42 Å². The van der Waals surface area contributed by atoms with Crippen molar-refractivity contribution in [2.45, 2.75) is 19.8 Å². The lowest BCUT2D eigenvalue weighted by Crippen LogP contribution is -2.29. The van der Waals surface area contributed by atoms with Gasteiger partial charge < -0.3 is 10.4 Å². The molecule has 0 aromatic heterocycles. The Balaban J connectivity index is 2.34. The first-order valence-corrected chi connectivity index (χ1v) is 5.74. The lowest BCUT2D eigenvalue weighted by atomic mass is 10.1. The van der Waals surface area contributed by atoms with E-state index in [-0.39, 0.29) is 30.7 Å². The standard InChI is InChI=1S/C13H18FNO2/c1-10(5-6-16)9-15-13(17)8-11-3-2-4-12(14)7-11/h2-4,7,10,16H,5-6,8-9H2,1H3,(H,15,17). The molecule has 1 aromatic rings. The number of benzene rings is 1. The van der Waals surface area contributed by atoms with Crippen molar-refractivity contribution in [3.63, 3.8) is 0 Å². The lowest BCUT2D eigenvalue weighted by Gasteiger charge is -2.11. The minimum Gasteiger partial charge on any atom is -0.396 e.